The molecular formula is C24H32N2O6S. The number of likely N-dealkylation sites (tertiary alicyclic amines) is 1. The van der Waals surface area contributed by atoms with Crippen LogP contribution in [0.1, 0.15) is 33.1 Å². The molecule has 0 aromatic heterocycles. The van der Waals surface area contributed by atoms with Gasteiger partial charge in [-0.3, -0.25) is 14.4 Å². The first kappa shape index (κ1) is 23.9. The van der Waals surface area contributed by atoms with Crippen LogP contribution in [0.2, 0.25) is 0 Å². The van der Waals surface area contributed by atoms with Gasteiger partial charge in [0.15, 0.2) is 0 Å². The zero-order chi connectivity index (χ0) is 23.8. The van der Waals surface area contributed by atoms with Gasteiger partial charge in [-0.15, -0.1) is 11.8 Å². The Morgan fingerprint density at radius 3 is 2.64 bits per heavy atom. The Morgan fingerprint density at radius 2 is 2.00 bits per heavy atom. The molecule has 0 aliphatic carbocycles. The van der Waals surface area contributed by atoms with E-state index in [1.165, 1.54) is 0 Å². The van der Waals surface area contributed by atoms with E-state index in [9.17, 15) is 19.5 Å². The van der Waals surface area contributed by atoms with E-state index in [2.05, 4.69) is 12.2 Å². The van der Waals surface area contributed by atoms with Crippen LogP contribution in [0, 0.1) is 17.8 Å². The van der Waals surface area contributed by atoms with E-state index in [-0.39, 0.29) is 42.2 Å². The number of nitrogens with zero attached hydrogens (tertiary/aromatic N) is 1. The van der Waals surface area contributed by atoms with Gasteiger partial charge in [0.1, 0.15) is 11.8 Å². The highest BCUT2D eigenvalue weighted by molar-refractivity contribution is 8.02. The van der Waals surface area contributed by atoms with Gasteiger partial charge in [-0.25, -0.2) is 0 Å². The van der Waals surface area contributed by atoms with Gasteiger partial charge in [0.2, 0.25) is 11.8 Å². The van der Waals surface area contributed by atoms with Crippen LogP contribution in [-0.4, -0.2) is 70.7 Å². The third-order valence-corrected chi connectivity index (χ3v) is 9.29. The van der Waals surface area contributed by atoms with Crippen molar-refractivity contribution < 1.29 is 29.0 Å². The van der Waals surface area contributed by atoms with E-state index in [4.69, 9.17) is 9.47 Å². The predicted molar refractivity (Wildman–Crippen MR) is 125 cm³/mol. The smallest absolute Gasteiger partial charge is 0.310 e. The highest BCUT2D eigenvalue weighted by atomic mass is 32.2. The van der Waals surface area contributed by atoms with Gasteiger partial charge in [0, 0.05) is 24.1 Å². The molecule has 1 aromatic carbocycles. The van der Waals surface area contributed by atoms with Gasteiger partial charge in [-0.1, -0.05) is 6.92 Å². The van der Waals surface area contributed by atoms with Gasteiger partial charge in [0.25, 0.3) is 0 Å². The molecule has 3 heterocycles. The number of amides is 2. The van der Waals surface area contributed by atoms with Crippen LogP contribution in [0.25, 0.3) is 0 Å². The summed E-state index contributed by atoms with van der Waals surface area (Å²) in [4.78, 5) is 42.0. The lowest BCUT2D eigenvalue weighted by Gasteiger charge is -2.38. The zero-order valence-electron chi connectivity index (χ0n) is 19.3. The van der Waals surface area contributed by atoms with Gasteiger partial charge in [-0.05, 0) is 56.4 Å². The van der Waals surface area contributed by atoms with Crippen molar-refractivity contribution in [3.63, 3.8) is 0 Å². The Labute approximate surface area is 198 Å². The molecule has 3 aliphatic heterocycles. The molecule has 0 saturated carbocycles. The van der Waals surface area contributed by atoms with E-state index in [0.29, 0.717) is 30.8 Å². The quantitative estimate of drug-likeness (QED) is 0.416. The molecule has 3 saturated heterocycles. The van der Waals surface area contributed by atoms with Crippen molar-refractivity contribution >= 4 is 35.2 Å². The summed E-state index contributed by atoms with van der Waals surface area (Å²) in [6.07, 6.45) is 1.90. The molecule has 33 heavy (non-hydrogen) atoms. The number of esters is 1. The third-order valence-electron chi connectivity index (χ3n) is 7.22. The Hall–Kier alpha value is -2.26. The second-order valence-corrected chi connectivity index (χ2v) is 10.5. The van der Waals surface area contributed by atoms with Crippen molar-refractivity contribution in [3.8, 4) is 5.75 Å². The summed E-state index contributed by atoms with van der Waals surface area (Å²) in [5, 5.41) is 12.2. The molecular weight excluding hydrogens is 444 g/mol. The lowest BCUT2D eigenvalue weighted by atomic mass is 9.66. The van der Waals surface area contributed by atoms with Crippen molar-refractivity contribution in [1.82, 2.24) is 4.90 Å². The van der Waals surface area contributed by atoms with Crippen molar-refractivity contribution in [2.24, 2.45) is 17.8 Å². The summed E-state index contributed by atoms with van der Waals surface area (Å²) < 4.78 is 9.86. The minimum atomic E-state index is -0.694. The molecule has 2 amide bonds. The summed E-state index contributed by atoms with van der Waals surface area (Å²) in [5.41, 5.74) is 0.621. The molecule has 180 valence electrons. The minimum absolute atomic E-state index is 0.0242. The molecule has 0 radical (unpaired) electrons. The number of hydrogen-bond acceptors (Lipinski definition) is 7. The van der Waals surface area contributed by atoms with Gasteiger partial charge in [0.05, 0.1) is 30.3 Å². The van der Waals surface area contributed by atoms with Crippen LogP contribution < -0.4 is 10.1 Å². The lowest BCUT2D eigenvalue weighted by Crippen LogP contribution is -2.54. The van der Waals surface area contributed by atoms with E-state index >= 15 is 0 Å². The molecule has 3 aliphatic rings. The normalized spacial score (nSPS) is 32.1. The van der Waals surface area contributed by atoms with Crippen LogP contribution in [0.4, 0.5) is 5.69 Å². The monoisotopic (exact) mass is 476 g/mol. The standard InChI is InChI=1S/C24H32N2O6S/c1-4-32-23(30)18-17-13-14(2)24(33-17)19(18)22(29)26(11-5-6-12-27)20(24)21(28)25-15-7-9-16(31-3)10-8-15/h7-10,14,17-20,27H,4-6,11-13H2,1-3H3,(H,25,28)/t14?,17-,18+,19-,20?,24?/m0/s1. The number of ether oxygens (including phenoxy) is 2. The minimum Gasteiger partial charge on any atom is -0.497 e. The SMILES string of the molecule is CCOC(=O)[C@@H]1[C@@H]2CC(C)C3(S2)C(C(=O)Nc2ccc(OC)cc2)N(CCCCO)C(=O)[C@H]13. The number of rotatable bonds is 9. The molecule has 3 fully saturated rings. The number of nitrogens with one attached hydrogen (secondary N) is 1. The highest BCUT2D eigenvalue weighted by Crippen LogP contribution is 2.68. The van der Waals surface area contributed by atoms with E-state index in [0.717, 1.165) is 6.42 Å². The Balaban J connectivity index is 1.68. The number of thioether (sulfide) groups is 1. The van der Waals surface area contributed by atoms with Crippen LogP contribution in [0.15, 0.2) is 24.3 Å². The van der Waals surface area contributed by atoms with Crippen molar-refractivity contribution in [2.45, 2.75) is 49.1 Å². The first-order chi connectivity index (χ1) is 15.9. The first-order valence-corrected chi connectivity index (χ1v) is 12.5. The van der Waals surface area contributed by atoms with Crippen LogP contribution in [-0.2, 0) is 19.1 Å². The first-order valence-electron chi connectivity index (χ1n) is 11.6. The van der Waals surface area contributed by atoms with E-state index < -0.39 is 22.6 Å². The molecule has 2 N–H and O–H groups in total. The number of anilines is 1. The zero-order valence-corrected chi connectivity index (χ0v) is 20.1. The van der Waals surface area contributed by atoms with Gasteiger partial charge in [-0.2, -0.15) is 0 Å². The fourth-order valence-corrected chi connectivity index (χ4v) is 8.26. The molecule has 1 aromatic rings. The maximum absolute atomic E-state index is 13.7. The number of hydrogen-bond donors (Lipinski definition) is 2. The highest BCUT2D eigenvalue weighted by Gasteiger charge is 2.76. The van der Waals surface area contributed by atoms with Gasteiger partial charge >= 0.3 is 5.97 Å². The van der Waals surface area contributed by atoms with Crippen molar-refractivity contribution in [2.75, 3.05) is 32.2 Å². The van der Waals surface area contributed by atoms with Crippen molar-refractivity contribution in [3.05, 3.63) is 24.3 Å². The maximum atomic E-state index is 13.7. The fraction of sp³-hybridized carbons (Fsp3) is 0.625. The number of carbonyl (C=O) groups excluding carboxylic acids is 3. The number of unbranched alkanes of at least 4 members (excludes halogenated alkanes) is 1. The topological polar surface area (TPSA) is 105 Å². The molecule has 8 nitrogen and oxygen atoms in total. The van der Waals surface area contributed by atoms with Crippen molar-refractivity contribution in [1.29, 1.82) is 0 Å². The Kier molecular flexibility index (Phi) is 6.91. The summed E-state index contributed by atoms with van der Waals surface area (Å²) >= 11 is 1.63. The number of aliphatic hydroxyl groups is 1. The summed E-state index contributed by atoms with van der Waals surface area (Å²) in [6.45, 7) is 4.50. The number of methoxy groups -OCH3 is 1. The maximum Gasteiger partial charge on any atom is 0.310 e. The molecule has 4 rings (SSSR count). The third kappa shape index (κ3) is 3.89. The average molecular weight is 477 g/mol. The Morgan fingerprint density at radius 1 is 1.27 bits per heavy atom. The number of fused-ring (bicyclic) bond motifs is 1. The number of benzene rings is 1. The van der Waals surface area contributed by atoms with Crippen LogP contribution in [0.3, 0.4) is 0 Å². The largest absolute Gasteiger partial charge is 0.497 e. The van der Waals surface area contributed by atoms with Gasteiger partial charge < -0.3 is 24.8 Å². The molecule has 1 spiro atoms. The van der Waals surface area contributed by atoms with Crippen LogP contribution >= 0.6 is 11.8 Å². The summed E-state index contributed by atoms with van der Waals surface area (Å²) in [5.74, 6) is -1.06. The second kappa shape index (κ2) is 9.54. The van der Waals surface area contributed by atoms with E-state index in [1.54, 1.807) is 55.0 Å². The summed E-state index contributed by atoms with van der Waals surface area (Å²) in [6, 6.07) is 6.38. The van der Waals surface area contributed by atoms with E-state index in [1.807, 2.05) is 0 Å². The summed E-state index contributed by atoms with van der Waals surface area (Å²) in [7, 11) is 1.58. The average Bonchev–Trinajstić information content (AvgIpc) is 3.38. The predicted octanol–water partition coefficient (Wildman–Crippen LogP) is 2.31. The lowest BCUT2D eigenvalue weighted by molar-refractivity contribution is -0.154. The number of aliphatic hydroxyl groups excluding tert-OH is 1. The molecule has 9 heteroatoms. The molecule has 2 bridgehead atoms. The van der Waals surface area contributed by atoms with Crippen LogP contribution in [0.5, 0.6) is 5.75 Å². The second-order valence-electron chi connectivity index (χ2n) is 8.98. The number of carbonyl (C=O) groups is 3. The molecule has 3 unspecified atom stereocenters. The fourth-order valence-electron chi connectivity index (χ4n) is 5.85. The Bertz CT molecular complexity index is 909. The molecule has 6 atom stereocenters.